The molecule has 0 fully saturated rings. The van der Waals surface area contributed by atoms with Crippen LogP contribution in [0.4, 0.5) is 5.69 Å². The Morgan fingerprint density at radius 1 is 1.08 bits per heavy atom. The van der Waals surface area contributed by atoms with Gasteiger partial charge in [-0.2, -0.15) is 0 Å². The van der Waals surface area contributed by atoms with Crippen LogP contribution in [-0.2, 0) is 0 Å². The lowest BCUT2D eigenvalue weighted by molar-refractivity contribution is -0.385. The maximum atomic E-state index is 11.2. The minimum absolute atomic E-state index is 0.0737. The van der Waals surface area contributed by atoms with E-state index in [2.05, 4.69) is 4.98 Å². The van der Waals surface area contributed by atoms with Gasteiger partial charge in [0.05, 0.1) is 23.1 Å². The summed E-state index contributed by atoms with van der Waals surface area (Å²) >= 11 is 0. The first-order chi connectivity index (χ1) is 11.6. The molecule has 0 amide bonds. The number of ether oxygens (including phenoxy) is 1. The maximum Gasteiger partial charge on any atom is 0.276 e. The van der Waals surface area contributed by atoms with E-state index in [1.807, 2.05) is 37.3 Å². The zero-order chi connectivity index (χ0) is 17.1. The van der Waals surface area contributed by atoms with E-state index in [1.54, 1.807) is 31.4 Å². The van der Waals surface area contributed by atoms with Crippen molar-refractivity contribution in [3.8, 4) is 5.88 Å². The quantitative estimate of drug-likeness (QED) is 0.519. The average Bonchev–Trinajstić information content (AvgIpc) is 2.58. The second-order valence-electron chi connectivity index (χ2n) is 5.43. The minimum Gasteiger partial charge on any atom is -0.481 e. The molecule has 0 atom stereocenters. The molecule has 5 nitrogen and oxygen atoms in total. The van der Waals surface area contributed by atoms with Crippen LogP contribution in [0.15, 0.2) is 48.5 Å². The first-order valence-electron chi connectivity index (χ1n) is 7.45. The van der Waals surface area contributed by atoms with Gasteiger partial charge in [0.25, 0.3) is 5.69 Å². The number of aryl methyl sites for hydroxylation is 1. The van der Waals surface area contributed by atoms with Gasteiger partial charge in [-0.3, -0.25) is 10.1 Å². The molecule has 0 radical (unpaired) electrons. The number of hydrogen-bond donors (Lipinski definition) is 0. The van der Waals surface area contributed by atoms with Crippen LogP contribution in [0.5, 0.6) is 5.88 Å². The molecule has 3 aromatic rings. The smallest absolute Gasteiger partial charge is 0.276 e. The molecule has 1 heterocycles. The van der Waals surface area contributed by atoms with Crippen molar-refractivity contribution >= 4 is 28.7 Å². The zero-order valence-electron chi connectivity index (χ0n) is 13.4. The van der Waals surface area contributed by atoms with Crippen molar-refractivity contribution in [3.63, 3.8) is 0 Å². The summed E-state index contributed by atoms with van der Waals surface area (Å²) in [5.74, 6) is 0.486. The lowest BCUT2D eigenvalue weighted by Gasteiger charge is -2.06. The number of nitrogens with zero attached hydrogens (tertiary/aromatic N) is 2. The lowest BCUT2D eigenvalue weighted by Crippen LogP contribution is -1.93. The van der Waals surface area contributed by atoms with Gasteiger partial charge < -0.3 is 4.74 Å². The number of nitro groups is 1. The van der Waals surface area contributed by atoms with Crippen molar-refractivity contribution in [2.45, 2.75) is 6.92 Å². The van der Waals surface area contributed by atoms with Crippen LogP contribution >= 0.6 is 0 Å². The molecule has 0 saturated heterocycles. The van der Waals surface area contributed by atoms with Crippen LogP contribution < -0.4 is 4.74 Å². The third-order valence-electron chi connectivity index (χ3n) is 3.73. The van der Waals surface area contributed by atoms with Crippen molar-refractivity contribution in [1.29, 1.82) is 0 Å². The molecule has 0 bridgehead atoms. The molecule has 0 aliphatic rings. The number of methoxy groups -OCH3 is 1. The highest BCUT2D eigenvalue weighted by Gasteiger charge is 2.11. The third-order valence-corrected chi connectivity index (χ3v) is 3.73. The highest BCUT2D eigenvalue weighted by Crippen LogP contribution is 2.26. The standard InChI is InChI=1S/C19H16N2O3/c1-13-7-10-18(21(22)23)15(11-13)8-9-16-12-14-5-3-4-6-17(14)20-19(16)24-2/h3-12H,1-2H3. The van der Waals surface area contributed by atoms with Gasteiger partial charge in [-0.25, -0.2) is 4.98 Å². The summed E-state index contributed by atoms with van der Waals surface area (Å²) < 4.78 is 5.35. The van der Waals surface area contributed by atoms with Crippen molar-refractivity contribution in [3.05, 3.63) is 75.3 Å². The SMILES string of the molecule is COc1nc2ccccc2cc1C=Cc1cc(C)ccc1[N+](=O)[O-]. The number of aromatic nitrogens is 1. The van der Waals surface area contributed by atoms with Crippen molar-refractivity contribution in [2.75, 3.05) is 7.11 Å². The Bertz CT molecular complexity index is 948. The Morgan fingerprint density at radius 2 is 1.83 bits per heavy atom. The normalized spacial score (nSPS) is 11.1. The summed E-state index contributed by atoms with van der Waals surface area (Å²) in [7, 11) is 1.56. The number of fused-ring (bicyclic) bond motifs is 1. The van der Waals surface area contributed by atoms with Gasteiger partial charge in [-0.15, -0.1) is 0 Å². The van der Waals surface area contributed by atoms with Gasteiger partial charge in [0, 0.05) is 17.0 Å². The van der Waals surface area contributed by atoms with Crippen LogP contribution in [0.2, 0.25) is 0 Å². The molecule has 2 aromatic carbocycles. The van der Waals surface area contributed by atoms with Crippen molar-refractivity contribution in [2.24, 2.45) is 0 Å². The second-order valence-corrected chi connectivity index (χ2v) is 5.43. The van der Waals surface area contributed by atoms with E-state index < -0.39 is 0 Å². The Hall–Kier alpha value is -3.21. The van der Waals surface area contributed by atoms with E-state index in [0.29, 0.717) is 11.4 Å². The monoisotopic (exact) mass is 320 g/mol. The fourth-order valence-corrected chi connectivity index (χ4v) is 2.55. The van der Waals surface area contributed by atoms with E-state index in [1.165, 1.54) is 6.07 Å². The molecule has 3 rings (SSSR count). The number of pyridine rings is 1. The Kier molecular flexibility index (Phi) is 4.24. The Labute approximate surface area is 139 Å². The number of para-hydroxylation sites is 1. The molecular formula is C19H16N2O3. The topological polar surface area (TPSA) is 65.3 Å². The van der Waals surface area contributed by atoms with Crippen molar-refractivity contribution < 1.29 is 9.66 Å². The molecule has 120 valence electrons. The summed E-state index contributed by atoms with van der Waals surface area (Å²) in [6.45, 7) is 1.90. The molecule has 24 heavy (non-hydrogen) atoms. The number of benzene rings is 2. The van der Waals surface area contributed by atoms with Gasteiger partial charge >= 0.3 is 0 Å². The van der Waals surface area contributed by atoms with Gasteiger partial charge in [-0.1, -0.05) is 29.8 Å². The molecule has 1 aromatic heterocycles. The molecule has 0 spiro atoms. The molecule has 0 unspecified atom stereocenters. The van der Waals surface area contributed by atoms with Crippen LogP contribution in [0.3, 0.4) is 0 Å². The summed E-state index contributed by atoms with van der Waals surface area (Å²) in [5.41, 5.74) is 3.20. The van der Waals surface area contributed by atoms with Gasteiger partial charge in [0.2, 0.25) is 5.88 Å². The summed E-state index contributed by atoms with van der Waals surface area (Å²) in [6.07, 6.45) is 3.51. The van der Waals surface area contributed by atoms with Crippen LogP contribution in [0.1, 0.15) is 16.7 Å². The highest BCUT2D eigenvalue weighted by atomic mass is 16.6. The first kappa shape index (κ1) is 15.7. The Balaban J connectivity index is 2.08. The second kappa shape index (κ2) is 6.50. The predicted octanol–water partition coefficient (Wildman–Crippen LogP) is 4.63. The van der Waals surface area contributed by atoms with Crippen LogP contribution in [0, 0.1) is 17.0 Å². The number of hydrogen-bond acceptors (Lipinski definition) is 4. The van der Waals surface area contributed by atoms with Gasteiger partial charge in [0.1, 0.15) is 0 Å². The first-order valence-corrected chi connectivity index (χ1v) is 7.45. The van der Waals surface area contributed by atoms with Crippen molar-refractivity contribution in [1.82, 2.24) is 4.98 Å². The minimum atomic E-state index is -0.380. The molecular weight excluding hydrogens is 304 g/mol. The van der Waals surface area contributed by atoms with Gasteiger partial charge in [0.15, 0.2) is 0 Å². The number of nitro benzene ring substituents is 1. The van der Waals surface area contributed by atoms with E-state index in [9.17, 15) is 10.1 Å². The van der Waals surface area contributed by atoms with E-state index >= 15 is 0 Å². The third kappa shape index (κ3) is 3.10. The summed E-state index contributed by atoms with van der Waals surface area (Å²) in [6, 6.07) is 14.7. The predicted molar refractivity (Wildman–Crippen MR) is 95.1 cm³/mol. The lowest BCUT2D eigenvalue weighted by atomic mass is 10.1. The van der Waals surface area contributed by atoms with Gasteiger partial charge in [-0.05, 0) is 37.3 Å². The van der Waals surface area contributed by atoms with Crippen LogP contribution in [-0.4, -0.2) is 17.0 Å². The fourth-order valence-electron chi connectivity index (χ4n) is 2.55. The summed E-state index contributed by atoms with van der Waals surface area (Å²) in [5, 5.41) is 12.2. The fraction of sp³-hybridized carbons (Fsp3) is 0.105. The zero-order valence-corrected chi connectivity index (χ0v) is 13.4. The highest BCUT2D eigenvalue weighted by molar-refractivity contribution is 5.85. The molecule has 0 aliphatic carbocycles. The van der Waals surface area contributed by atoms with Crippen LogP contribution in [0.25, 0.3) is 23.1 Å². The molecule has 0 aliphatic heterocycles. The largest absolute Gasteiger partial charge is 0.481 e. The summed E-state index contributed by atoms with van der Waals surface area (Å²) in [4.78, 5) is 15.3. The Morgan fingerprint density at radius 3 is 2.58 bits per heavy atom. The molecule has 0 N–H and O–H groups in total. The average molecular weight is 320 g/mol. The van der Waals surface area contributed by atoms with E-state index in [-0.39, 0.29) is 10.6 Å². The number of rotatable bonds is 4. The molecule has 5 heteroatoms. The molecule has 0 saturated carbocycles. The van der Waals surface area contributed by atoms with E-state index in [4.69, 9.17) is 4.74 Å². The van der Waals surface area contributed by atoms with E-state index in [0.717, 1.165) is 22.0 Å². The maximum absolute atomic E-state index is 11.2.